The van der Waals surface area contributed by atoms with Crippen molar-refractivity contribution in [1.82, 2.24) is 19.2 Å². The Kier molecular flexibility index (Phi) is 7.45. The van der Waals surface area contributed by atoms with Gasteiger partial charge in [0, 0.05) is 19.3 Å². The summed E-state index contributed by atoms with van der Waals surface area (Å²) in [6.07, 6.45) is 1.87. The standard InChI is InChI=1S/C28H34N4O4/c1-6-30(7-2)16-17-32-24(20-11-13-21(14-12-20)36-8-3)22(26(34)28(32)35)25(33)23-19(5)31-15-9-10-18(4)27(31)29-23/h9-15,24,33H,6-8,16-17H2,1-5H3/b25-22+. The van der Waals surface area contributed by atoms with Crippen molar-refractivity contribution in [3.05, 3.63) is 70.7 Å². The summed E-state index contributed by atoms with van der Waals surface area (Å²) in [6.45, 7) is 13.0. The number of Topliss-reactive ketones (excluding diaryl/α,β-unsaturated/α-hetero) is 1. The van der Waals surface area contributed by atoms with Crippen molar-refractivity contribution in [3.63, 3.8) is 0 Å². The van der Waals surface area contributed by atoms with E-state index in [1.807, 2.05) is 67.8 Å². The average Bonchev–Trinajstić information content (AvgIpc) is 3.35. The van der Waals surface area contributed by atoms with E-state index >= 15 is 0 Å². The van der Waals surface area contributed by atoms with Crippen LogP contribution in [0.5, 0.6) is 5.75 Å². The minimum atomic E-state index is -0.721. The number of nitrogens with zero attached hydrogens (tertiary/aromatic N) is 4. The number of hydrogen-bond donors (Lipinski definition) is 1. The highest BCUT2D eigenvalue weighted by Crippen LogP contribution is 2.40. The third kappa shape index (κ3) is 4.48. The number of aromatic nitrogens is 2. The fraction of sp³-hybridized carbons (Fsp3) is 0.393. The van der Waals surface area contributed by atoms with Gasteiger partial charge in [0.05, 0.1) is 23.9 Å². The summed E-state index contributed by atoms with van der Waals surface area (Å²) in [5.74, 6) is -0.856. The van der Waals surface area contributed by atoms with Crippen molar-refractivity contribution in [2.75, 3.05) is 32.8 Å². The second-order valence-corrected chi connectivity index (χ2v) is 8.95. The topological polar surface area (TPSA) is 87.4 Å². The van der Waals surface area contributed by atoms with Gasteiger partial charge in [-0.3, -0.25) is 9.59 Å². The molecule has 4 rings (SSSR count). The molecule has 8 heteroatoms. The summed E-state index contributed by atoms with van der Waals surface area (Å²) in [6, 6.07) is 10.5. The summed E-state index contributed by atoms with van der Waals surface area (Å²) in [7, 11) is 0. The molecule has 1 atom stereocenters. The van der Waals surface area contributed by atoms with Crippen LogP contribution in [0.2, 0.25) is 0 Å². The van der Waals surface area contributed by atoms with Crippen LogP contribution < -0.4 is 4.74 Å². The predicted molar refractivity (Wildman–Crippen MR) is 139 cm³/mol. The Balaban J connectivity index is 1.85. The SMILES string of the molecule is CCOc1ccc(C2/C(=C(\O)c3nc4c(C)cccn4c3C)C(=O)C(=O)N2CCN(CC)CC)cc1. The highest BCUT2D eigenvalue weighted by Gasteiger charge is 2.46. The number of amides is 1. The minimum Gasteiger partial charge on any atom is -0.505 e. The van der Waals surface area contributed by atoms with Crippen molar-refractivity contribution in [2.24, 2.45) is 0 Å². The van der Waals surface area contributed by atoms with E-state index in [0.29, 0.717) is 42.5 Å². The van der Waals surface area contributed by atoms with Gasteiger partial charge < -0.3 is 24.0 Å². The molecule has 1 saturated heterocycles. The van der Waals surface area contributed by atoms with E-state index in [-0.39, 0.29) is 11.3 Å². The number of rotatable bonds is 9. The molecule has 3 aromatic rings. The van der Waals surface area contributed by atoms with Crippen LogP contribution in [0.3, 0.4) is 0 Å². The normalized spacial score (nSPS) is 17.5. The van der Waals surface area contributed by atoms with Crippen LogP contribution in [0.4, 0.5) is 0 Å². The lowest BCUT2D eigenvalue weighted by Crippen LogP contribution is -2.38. The maximum Gasteiger partial charge on any atom is 0.295 e. The number of aliphatic hydroxyl groups excluding tert-OH is 1. The molecule has 1 aliphatic heterocycles. The van der Waals surface area contributed by atoms with E-state index in [0.717, 1.165) is 24.2 Å². The Labute approximate surface area is 211 Å². The second kappa shape index (κ2) is 10.5. The number of aliphatic hydroxyl groups is 1. The number of benzene rings is 1. The molecule has 0 spiro atoms. The lowest BCUT2D eigenvalue weighted by Gasteiger charge is -2.28. The van der Waals surface area contributed by atoms with Gasteiger partial charge in [0.1, 0.15) is 17.1 Å². The third-order valence-corrected chi connectivity index (χ3v) is 6.91. The van der Waals surface area contributed by atoms with Gasteiger partial charge in [-0.15, -0.1) is 0 Å². The van der Waals surface area contributed by atoms with Gasteiger partial charge in [0.15, 0.2) is 5.76 Å². The zero-order chi connectivity index (χ0) is 26.0. The lowest BCUT2D eigenvalue weighted by molar-refractivity contribution is -0.140. The summed E-state index contributed by atoms with van der Waals surface area (Å²) in [5.41, 5.74) is 3.45. The zero-order valence-corrected chi connectivity index (χ0v) is 21.6. The fourth-order valence-corrected chi connectivity index (χ4v) is 4.83. The van der Waals surface area contributed by atoms with Crippen molar-refractivity contribution in [3.8, 4) is 5.75 Å². The Morgan fingerprint density at radius 2 is 1.78 bits per heavy atom. The van der Waals surface area contributed by atoms with Crippen molar-refractivity contribution >= 4 is 23.1 Å². The Hall–Kier alpha value is -3.65. The summed E-state index contributed by atoms with van der Waals surface area (Å²) in [5, 5.41) is 11.5. The number of fused-ring (bicyclic) bond motifs is 1. The average molecular weight is 491 g/mol. The zero-order valence-electron chi connectivity index (χ0n) is 21.6. The van der Waals surface area contributed by atoms with Gasteiger partial charge in [0.25, 0.3) is 11.7 Å². The van der Waals surface area contributed by atoms with E-state index in [4.69, 9.17) is 4.74 Å². The quantitative estimate of drug-likeness (QED) is 0.276. The molecule has 1 aliphatic rings. The highest BCUT2D eigenvalue weighted by atomic mass is 16.5. The van der Waals surface area contributed by atoms with Crippen LogP contribution in [-0.2, 0) is 9.59 Å². The van der Waals surface area contributed by atoms with E-state index < -0.39 is 17.7 Å². The first-order chi connectivity index (χ1) is 17.3. The largest absolute Gasteiger partial charge is 0.505 e. The molecule has 0 bridgehead atoms. The van der Waals surface area contributed by atoms with E-state index in [2.05, 4.69) is 23.7 Å². The first-order valence-electron chi connectivity index (χ1n) is 12.5. The number of imidazole rings is 1. The van der Waals surface area contributed by atoms with E-state index in [1.54, 1.807) is 4.90 Å². The van der Waals surface area contributed by atoms with Crippen LogP contribution in [0.1, 0.15) is 49.3 Å². The van der Waals surface area contributed by atoms with Gasteiger partial charge in [-0.1, -0.05) is 32.0 Å². The van der Waals surface area contributed by atoms with Crippen LogP contribution >= 0.6 is 0 Å². The van der Waals surface area contributed by atoms with Crippen LogP contribution in [0.15, 0.2) is 48.2 Å². The monoisotopic (exact) mass is 490 g/mol. The summed E-state index contributed by atoms with van der Waals surface area (Å²) < 4.78 is 7.46. The number of hydrogen-bond acceptors (Lipinski definition) is 6. The van der Waals surface area contributed by atoms with Crippen molar-refractivity contribution < 1.29 is 19.4 Å². The van der Waals surface area contributed by atoms with Gasteiger partial charge in [-0.25, -0.2) is 4.98 Å². The van der Waals surface area contributed by atoms with E-state index in [1.165, 1.54) is 0 Å². The molecule has 8 nitrogen and oxygen atoms in total. The number of aryl methyl sites for hydroxylation is 2. The van der Waals surface area contributed by atoms with Gasteiger partial charge in [0.2, 0.25) is 0 Å². The number of carbonyl (C=O) groups excluding carboxylic acids is 2. The van der Waals surface area contributed by atoms with Crippen molar-refractivity contribution in [2.45, 2.75) is 40.7 Å². The van der Waals surface area contributed by atoms with Gasteiger partial charge in [-0.2, -0.15) is 0 Å². The summed E-state index contributed by atoms with van der Waals surface area (Å²) in [4.78, 5) is 35.1. The number of pyridine rings is 1. The molecule has 190 valence electrons. The first-order valence-corrected chi connectivity index (χ1v) is 12.5. The number of carbonyl (C=O) groups is 2. The van der Waals surface area contributed by atoms with Gasteiger partial charge >= 0.3 is 0 Å². The first kappa shape index (κ1) is 25.4. The lowest BCUT2D eigenvalue weighted by atomic mass is 9.96. The number of likely N-dealkylation sites (N-methyl/N-ethyl adjacent to an activating group) is 1. The molecule has 1 N–H and O–H groups in total. The summed E-state index contributed by atoms with van der Waals surface area (Å²) >= 11 is 0. The second-order valence-electron chi connectivity index (χ2n) is 8.95. The molecule has 1 aromatic carbocycles. The highest BCUT2D eigenvalue weighted by molar-refractivity contribution is 6.46. The van der Waals surface area contributed by atoms with Crippen molar-refractivity contribution in [1.29, 1.82) is 0 Å². The Morgan fingerprint density at radius 1 is 1.08 bits per heavy atom. The fourth-order valence-electron chi connectivity index (χ4n) is 4.83. The third-order valence-electron chi connectivity index (χ3n) is 6.91. The molecule has 0 radical (unpaired) electrons. The van der Waals surface area contributed by atoms with E-state index in [9.17, 15) is 14.7 Å². The van der Waals surface area contributed by atoms with Crippen LogP contribution in [-0.4, -0.2) is 68.8 Å². The number of ether oxygens (including phenoxy) is 1. The Morgan fingerprint density at radius 3 is 2.39 bits per heavy atom. The predicted octanol–water partition coefficient (Wildman–Crippen LogP) is 4.11. The number of ketones is 1. The molecule has 2 aromatic heterocycles. The molecule has 1 unspecified atom stereocenters. The molecule has 0 saturated carbocycles. The Bertz CT molecular complexity index is 1310. The number of likely N-dealkylation sites (tertiary alicyclic amines) is 1. The molecule has 1 amide bonds. The van der Waals surface area contributed by atoms with Crippen LogP contribution in [0, 0.1) is 13.8 Å². The van der Waals surface area contributed by atoms with Gasteiger partial charge in [-0.05, 0) is 63.2 Å². The maximum absolute atomic E-state index is 13.4. The molecule has 3 heterocycles. The smallest absolute Gasteiger partial charge is 0.295 e. The molecular formula is C28H34N4O4. The maximum atomic E-state index is 13.4. The molecule has 1 fully saturated rings. The molecule has 0 aliphatic carbocycles. The molecule has 36 heavy (non-hydrogen) atoms. The van der Waals surface area contributed by atoms with Crippen LogP contribution in [0.25, 0.3) is 11.4 Å². The molecular weight excluding hydrogens is 456 g/mol. The minimum absolute atomic E-state index is 0.0628.